The summed E-state index contributed by atoms with van der Waals surface area (Å²) in [6.45, 7) is 3.31. The topological polar surface area (TPSA) is 102 Å². The summed E-state index contributed by atoms with van der Waals surface area (Å²) in [7, 11) is 0. The summed E-state index contributed by atoms with van der Waals surface area (Å²) in [4.78, 5) is 24.2. The molecule has 0 saturated carbocycles. The van der Waals surface area contributed by atoms with Gasteiger partial charge in [-0.2, -0.15) is 10.2 Å². The molecule has 0 unspecified atom stereocenters. The van der Waals surface area contributed by atoms with Gasteiger partial charge in [-0.3, -0.25) is 9.89 Å². The van der Waals surface area contributed by atoms with Crippen molar-refractivity contribution in [3.8, 4) is 5.69 Å². The fourth-order valence-electron chi connectivity index (χ4n) is 2.62. The van der Waals surface area contributed by atoms with E-state index < -0.39 is 18.5 Å². The highest BCUT2D eigenvalue weighted by Crippen LogP contribution is 2.17. The standard InChI is InChI=1S/C19H20FN5O3/c1-3-4-14-10-16(23-22-14)19(27)28-11-18(26)21-17-9-12(2)24-25(17)15-7-5-13(20)6-8-15/h5-10H,3-4,11H2,1-2H3,(H,21,26)(H,22,23). The van der Waals surface area contributed by atoms with Gasteiger partial charge >= 0.3 is 5.97 Å². The smallest absolute Gasteiger partial charge is 0.359 e. The van der Waals surface area contributed by atoms with E-state index >= 15 is 0 Å². The molecular formula is C19H20FN5O3. The zero-order valence-electron chi connectivity index (χ0n) is 15.5. The molecule has 146 valence electrons. The Hall–Kier alpha value is -3.49. The van der Waals surface area contributed by atoms with E-state index in [2.05, 4.69) is 20.6 Å². The third-order valence-corrected chi connectivity index (χ3v) is 3.86. The van der Waals surface area contributed by atoms with Crippen LogP contribution in [0.15, 0.2) is 36.4 Å². The van der Waals surface area contributed by atoms with Crippen LogP contribution in [0.2, 0.25) is 0 Å². The second-order valence-electron chi connectivity index (χ2n) is 6.21. The molecule has 0 fully saturated rings. The first-order chi connectivity index (χ1) is 13.5. The normalized spacial score (nSPS) is 10.7. The summed E-state index contributed by atoms with van der Waals surface area (Å²) < 4.78 is 19.6. The van der Waals surface area contributed by atoms with Gasteiger partial charge in [0, 0.05) is 11.8 Å². The maximum atomic E-state index is 13.1. The highest BCUT2D eigenvalue weighted by atomic mass is 19.1. The fraction of sp³-hybridized carbons (Fsp3) is 0.263. The predicted molar refractivity (Wildman–Crippen MR) is 99.8 cm³/mol. The molecule has 2 aromatic heterocycles. The summed E-state index contributed by atoms with van der Waals surface area (Å²) in [5, 5.41) is 13.6. The van der Waals surface area contributed by atoms with Crippen LogP contribution >= 0.6 is 0 Å². The first-order valence-electron chi connectivity index (χ1n) is 8.80. The summed E-state index contributed by atoms with van der Waals surface area (Å²) in [5.41, 5.74) is 2.21. The Morgan fingerprint density at radius 3 is 2.71 bits per heavy atom. The van der Waals surface area contributed by atoms with Gasteiger partial charge in [0.15, 0.2) is 12.3 Å². The summed E-state index contributed by atoms with van der Waals surface area (Å²) >= 11 is 0. The van der Waals surface area contributed by atoms with E-state index in [9.17, 15) is 14.0 Å². The Balaban J connectivity index is 1.62. The number of ether oxygens (including phenoxy) is 1. The summed E-state index contributed by atoms with van der Waals surface area (Å²) in [5.74, 6) is -1.20. The van der Waals surface area contributed by atoms with E-state index in [0.717, 1.165) is 18.5 Å². The third kappa shape index (κ3) is 4.61. The maximum Gasteiger partial charge on any atom is 0.359 e. The second-order valence-corrected chi connectivity index (χ2v) is 6.21. The Bertz CT molecular complexity index is 978. The highest BCUT2D eigenvalue weighted by molar-refractivity contribution is 5.94. The molecule has 0 spiro atoms. The van der Waals surface area contributed by atoms with Crippen LogP contribution in [0.1, 0.15) is 35.2 Å². The molecule has 1 aromatic carbocycles. The van der Waals surface area contributed by atoms with Gasteiger partial charge in [0.2, 0.25) is 0 Å². The van der Waals surface area contributed by atoms with Gasteiger partial charge < -0.3 is 10.1 Å². The summed E-state index contributed by atoms with van der Waals surface area (Å²) in [6, 6.07) is 8.96. The minimum absolute atomic E-state index is 0.128. The van der Waals surface area contributed by atoms with Crippen LogP contribution in [0, 0.1) is 12.7 Å². The SMILES string of the molecule is CCCc1cc(C(=O)OCC(=O)Nc2cc(C)nn2-c2ccc(F)cc2)n[nH]1. The minimum atomic E-state index is -0.683. The van der Waals surface area contributed by atoms with Crippen LogP contribution in [0.5, 0.6) is 0 Å². The molecule has 2 N–H and O–H groups in total. The zero-order valence-corrected chi connectivity index (χ0v) is 15.5. The number of aryl methyl sites for hydroxylation is 2. The number of hydrogen-bond acceptors (Lipinski definition) is 5. The van der Waals surface area contributed by atoms with Gasteiger partial charge in [-0.15, -0.1) is 0 Å². The lowest BCUT2D eigenvalue weighted by molar-refractivity contribution is -0.119. The van der Waals surface area contributed by atoms with Gasteiger partial charge in [0.1, 0.15) is 11.6 Å². The average molecular weight is 385 g/mol. The number of rotatable bonds is 7. The second kappa shape index (κ2) is 8.47. The lowest BCUT2D eigenvalue weighted by Crippen LogP contribution is -2.22. The molecule has 9 heteroatoms. The van der Waals surface area contributed by atoms with Gasteiger partial charge in [0.25, 0.3) is 5.91 Å². The van der Waals surface area contributed by atoms with E-state index in [4.69, 9.17) is 4.74 Å². The lowest BCUT2D eigenvalue weighted by atomic mass is 10.2. The first-order valence-corrected chi connectivity index (χ1v) is 8.80. The van der Waals surface area contributed by atoms with Crippen molar-refractivity contribution in [2.75, 3.05) is 11.9 Å². The quantitative estimate of drug-likeness (QED) is 0.609. The molecule has 0 aliphatic heterocycles. The Morgan fingerprint density at radius 1 is 1.25 bits per heavy atom. The Morgan fingerprint density at radius 2 is 2.00 bits per heavy atom. The Labute approximate surface area is 160 Å². The van der Waals surface area contributed by atoms with Crippen molar-refractivity contribution in [2.24, 2.45) is 0 Å². The van der Waals surface area contributed by atoms with Crippen LogP contribution in [-0.2, 0) is 16.0 Å². The molecule has 2 heterocycles. The molecular weight excluding hydrogens is 365 g/mol. The van der Waals surface area contributed by atoms with Crippen LogP contribution < -0.4 is 5.32 Å². The van der Waals surface area contributed by atoms with Crippen molar-refractivity contribution >= 4 is 17.7 Å². The van der Waals surface area contributed by atoms with Crippen molar-refractivity contribution in [2.45, 2.75) is 26.7 Å². The summed E-state index contributed by atoms with van der Waals surface area (Å²) in [6.07, 6.45) is 1.69. The molecule has 1 amide bonds. The highest BCUT2D eigenvalue weighted by Gasteiger charge is 2.16. The third-order valence-electron chi connectivity index (χ3n) is 3.86. The molecule has 28 heavy (non-hydrogen) atoms. The number of benzene rings is 1. The van der Waals surface area contributed by atoms with Gasteiger partial charge in [-0.1, -0.05) is 13.3 Å². The monoisotopic (exact) mass is 385 g/mol. The number of esters is 1. The van der Waals surface area contributed by atoms with Crippen LogP contribution in [-0.4, -0.2) is 38.5 Å². The molecule has 0 bridgehead atoms. The van der Waals surface area contributed by atoms with Crippen molar-refractivity contribution in [3.63, 3.8) is 0 Å². The number of carbonyl (C=O) groups is 2. The number of anilines is 1. The predicted octanol–water partition coefficient (Wildman–Crippen LogP) is 2.79. The average Bonchev–Trinajstić information content (AvgIpc) is 3.27. The fourth-order valence-corrected chi connectivity index (χ4v) is 2.62. The van der Waals surface area contributed by atoms with Crippen molar-refractivity contribution in [1.82, 2.24) is 20.0 Å². The van der Waals surface area contributed by atoms with E-state index in [1.165, 1.54) is 16.8 Å². The Kier molecular flexibility index (Phi) is 5.83. The number of carbonyl (C=O) groups excluding carboxylic acids is 2. The number of amides is 1. The van der Waals surface area contributed by atoms with Gasteiger partial charge in [-0.05, 0) is 43.7 Å². The zero-order chi connectivity index (χ0) is 20.1. The molecule has 3 rings (SSSR count). The van der Waals surface area contributed by atoms with Crippen molar-refractivity contribution < 1.29 is 18.7 Å². The van der Waals surface area contributed by atoms with Crippen LogP contribution in [0.3, 0.4) is 0 Å². The van der Waals surface area contributed by atoms with E-state index in [1.54, 1.807) is 31.2 Å². The number of hydrogen-bond donors (Lipinski definition) is 2. The van der Waals surface area contributed by atoms with Crippen LogP contribution in [0.25, 0.3) is 5.69 Å². The minimum Gasteiger partial charge on any atom is -0.451 e. The molecule has 0 atom stereocenters. The number of H-pyrrole nitrogens is 1. The van der Waals surface area contributed by atoms with E-state index in [-0.39, 0.29) is 11.5 Å². The van der Waals surface area contributed by atoms with Gasteiger partial charge in [-0.25, -0.2) is 13.9 Å². The largest absolute Gasteiger partial charge is 0.451 e. The first kappa shape index (κ1) is 19.3. The number of aromatic nitrogens is 4. The molecule has 0 saturated heterocycles. The number of nitrogens with zero attached hydrogens (tertiary/aromatic N) is 3. The number of aromatic amines is 1. The molecule has 3 aromatic rings. The lowest BCUT2D eigenvalue weighted by Gasteiger charge is -2.09. The molecule has 0 radical (unpaired) electrons. The number of halogens is 1. The van der Waals surface area contributed by atoms with Crippen molar-refractivity contribution in [1.29, 1.82) is 0 Å². The van der Waals surface area contributed by atoms with E-state index in [0.29, 0.717) is 17.2 Å². The van der Waals surface area contributed by atoms with E-state index in [1.807, 2.05) is 6.92 Å². The molecule has 8 nitrogen and oxygen atoms in total. The van der Waals surface area contributed by atoms with Crippen LogP contribution in [0.4, 0.5) is 10.2 Å². The molecule has 0 aliphatic carbocycles. The van der Waals surface area contributed by atoms with Crippen molar-refractivity contribution in [3.05, 3.63) is 59.3 Å². The maximum absolute atomic E-state index is 13.1. The number of nitrogens with one attached hydrogen (secondary N) is 2. The van der Waals surface area contributed by atoms with Gasteiger partial charge in [0.05, 0.1) is 11.4 Å². The molecule has 0 aliphatic rings.